The van der Waals surface area contributed by atoms with E-state index >= 15 is 0 Å². The molecule has 0 saturated carbocycles. The summed E-state index contributed by atoms with van der Waals surface area (Å²) in [7, 11) is 0. The maximum atomic E-state index is 12.2. The van der Waals surface area contributed by atoms with E-state index in [2.05, 4.69) is 16.7 Å². The molecule has 0 fully saturated rings. The molecular weight excluding hydrogens is 380 g/mol. The molecule has 0 spiro atoms. The summed E-state index contributed by atoms with van der Waals surface area (Å²) in [4.78, 5) is 36.3. The molecule has 0 saturated heterocycles. The van der Waals surface area contributed by atoms with Crippen LogP contribution in [0.25, 0.3) is 6.08 Å². The summed E-state index contributed by atoms with van der Waals surface area (Å²) in [6.45, 7) is 1.14. The first-order valence-corrected chi connectivity index (χ1v) is 10.1. The lowest BCUT2D eigenvalue weighted by Gasteiger charge is -2.26. The number of hydrogen-bond donors (Lipinski definition) is 2. The number of rotatable bonds is 7. The molecule has 2 aromatic rings. The van der Waals surface area contributed by atoms with Gasteiger partial charge in [0, 0.05) is 6.08 Å². The minimum absolute atomic E-state index is 0.0681. The van der Waals surface area contributed by atoms with Gasteiger partial charge in [-0.3, -0.25) is 9.59 Å². The molecule has 2 aromatic carbocycles. The fourth-order valence-corrected chi connectivity index (χ4v) is 3.46. The van der Waals surface area contributed by atoms with Crippen LogP contribution in [0, 0.1) is 0 Å². The van der Waals surface area contributed by atoms with Gasteiger partial charge in [-0.05, 0) is 49.0 Å². The van der Waals surface area contributed by atoms with Crippen LogP contribution in [-0.4, -0.2) is 30.4 Å². The molecule has 30 heavy (non-hydrogen) atoms. The Morgan fingerprint density at radius 1 is 1.10 bits per heavy atom. The SMILES string of the molecule is C[C@H](NC(=O)/C=C/c1ccccc1)C(=O)OCC(=O)N[C@@H]1CCCc2ccccc21. The third-order valence-corrected chi connectivity index (χ3v) is 4.99. The number of benzene rings is 2. The smallest absolute Gasteiger partial charge is 0.328 e. The highest BCUT2D eigenvalue weighted by molar-refractivity contribution is 5.94. The largest absolute Gasteiger partial charge is 0.454 e. The maximum Gasteiger partial charge on any atom is 0.328 e. The number of ether oxygens (including phenoxy) is 1. The summed E-state index contributed by atoms with van der Waals surface area (Å²) >= 11 is 0. The van der Waals surface area contributed by atoms with Gasteiger partial charge in [-0.2, -0.15) is 0 Å². The zero-order valence-electron chi connectivity index (χ0n) is 17.0. The van der Waals surface area contributed by atoms with E-state index in [1.54, 1.807) is 6.08 Å². The molecule has 0 aliphatic heterocycles. The molecule has 0 bridgehead atoms. The minimum atomic E-state index is -0.860. The lowest BCUT2D eigenvalue weighted by molar-refractivity contribution is -0.151. The highest BCUT2D eigenvalue weighted by Gasteiger charge is 2.22. The van der Waals surface area contributed by atoms with Crippen LogP contribution < -0.4 is 10.6 Å². The van der Waals surface area contributed by atoms with E-state index < -0.39 is 17.9 Å². The monoisotopic (exact) mass is 406 g/mol. The molecule has 2 N–H and O–H groups in total. The number of amides is 2. The molecule has 2 amide bonds. The Balaban J connectivity index is 1.43. The number of hydrogen-bond acceptors (Lipinski definition) is 4. The summed E-state index contributed by atoms with van der Waals surface area (Å²) < 4.78 is 5.07. The Labute approximate surface area is 176 Å². The lowest BCUT2D eigenvalue weighted by atomic mass is 9.88. The Hall–Kier alpha value is -3.41. The highest BCUT2D eigenvalue weighted by atomic mass is 16.5. The molecule has 0 radical (unpaired) electrons. The van der Waals surface area contributed by atoms with Crippen molar-refractivity contribution in [2.45, 2.75) is 38.3 Å². The van der Waals surface area contributed by atoms with Crippen LogP contribution in [0.1, 0.15) is 42.5 Å². The number of fused-ring (bicyclic) bond motifs is 1. The fraction of sp³-hybridized carbons (Fsp3) is 0.292. The molecule has 0 aromatic heterocycles. The molecule has 1 aliphatic rings. The van der Waals surface area contributed by atoms with E-state index in [1.165, 1.54) is 18.6 Å². The van der Waals surface area contributed by atoms with E-state index in [0.717, 1.165) is 30.4 Å². The molecule has 0 unspecified atom stereocenters. The summed E-state index contributed by atoms with van der Waals surface area (Å²) in [5.74, 6) is -1.42. The van der Waals surface area contributed by atoms with Crippen molar-refractivity contribution in [3.63, 3.8) is 0 Å². The average molecular weight is 406 g/mol. The number of carbonyl (C=O) groups excluding carboxylic acids is 3. The molecule has 6 heteroatoms. The second kappa shape index (κ2) is 10.4. The van der Waals surface area contributed by atoms with Crippen molar-refractivity contribution in [2.24, 2.45) is 0 Å². The third-order valence-electron chi connectivity index (χ3n) is 4.99. The Kier molecular flexibility index (Phi) is 7.38. The first-order valence-electron chi connectivity index (χ1n) is 10.1. The number of esters is 1. The molecular formula is C24H26N2O4. The topological polar surface area (TPSA) is 84.5 Å². The van der Waals surface area contributed by atoms with Crippen LogP contribution >= 0.6 is 0 Å². The summed E-state index contributed by atoms with van der Waals surface area (Å²) in [6.07, 6.45) is 5.88. The van der Waals surface area contributed by atoms with Crippen LogP contribution in [0.2, 0.25) is 0 Å². The van der Waals surface area contributed by atoms with Gasteiger partial charge < -0.3 is 15.4 Å². The van der Waals surface area contributed by atoms with Gasteiger partial charge >= 0.3 is 5.97 Å². The number of aryl methyl sites for hydroxylation is 1. The maximum absolute atomic E-state index is 12.2. The normalized spacial score (nSPS) is 16.4. The molecule has 2 atom stereocenters. The highest BCUT2D eigenvalue weighted by Crippen LogP contribution is 2.29. The van der Waals surface area contributed by atoms with Crippen LogP contribution in [0.15, 0.2) is 60.7 Å². The van der Waals surface area contributed by atoms with E-state index in [-0.39, 0.29) is 18.6 Å². The number of nitrogens with one attached hydrogen (secondary N) is 2. The van der Waals surface area contributed by atoms with Crippen LogP contribution in [0.4, 0.5) is 0 Å². The van der Waals surface area contributed by atoms with Crippen molar-refractivity contribution in [1.82, 2.24) is 10.6 Å². The van der Waals surface area contributed by atoms with Crippen molar-refractivity contribution < 1.29 is 19.1 Å². The lowest BCUT2D eigenvalue weighted by Crippen LogP contribution is -2.40. The Morgan fingerprint density at radius 3 is 2.63 bits per heavy atom. The van der Waals surface area contributed by atoms with Crippen LogP contribution in [0.5, 0.6) is 0 Å². The molecule has 156 valence electrons. The quantitative estimate of drug-likeness (QED) is 0.547. The molecule has 0 heterocycles. The van der Waals surface area contributed by atoms with Crippen molar-refractivity contribution in [1.29, 1.82) is 0 Å². The Morgan fingerprint density at radius 2 is 1.83 bits per heavy atom. The average Bonchev–Trinajstić information content (AvgIpc) is 2.77. The first-order chi connectivity index (χ1) is 14.5. The summed E-state index contributed by atoms with van der Waals surface area (Å²) in [5.41, 5.74) is 3.24. The van der Waals surface area contributed by atoms with Crippen molar-refractivity contribution in [2.75, 3.05) is 6.61 Å². The second-order valence-electron chi connectivity index (χ2n) is 7.29. The van der Waals surface area contributed by atoms with Crippen molar-refractivity contribution in [3.8, 4) is 0 Å². The molecule has 3 rings (SSSR count). The zero-order chi connectivity index (χ0) is 21.3. The van der Waals surface area contributed by atoms with Crippen LogP contribution in [0.3, 0.4) is 0 Å². The predicted octanol–water partition coefficient (Wildman–Crippen LogP) is 2.94. The molecule has 1 aliphatic carbocycles. The van der Waals surface area contributed by atoms with Crippen LogP contribution in [-0.2, 0) is 25.5 Å². The summed E-state index contributed by atoms with van der Waals surface area (Å²) in [5, 5.41) is 5.47. The van der Waals surface area contributed by atoms with Gasteiger partial charge in [0.15, 0.2) is 6.61 Å². The van der Waals surface area contributed by atoms with Gasteiger partial charge in [-0.15, -0.1) is 0 Å². The van der Waals surface area contributed by atoms with Crippen molar-refractivity contribution >= 4 is 23.9 Å². The number of carbonyl (C=O) groups is 3. The van der Waals surface area contributed by atoms with Gasteiger partial charge in [0.05, 0.1) is 6.04 Å². The summed E-state index contributed by atoms with van der Waals surface area (Å²) in [6, 6.07) is 16.5. The van der Waals surface area contributed by atoms with Gasteiger partial charge in [-0.1, -0.05) is 54.6 Å². The first kappa shape index (κ1) is 21.3. The van der Waals surface area contributed by atoms with E-state index in [1.807, 2.05) is 48.5 Å². The van der Waals surface area contributed by atoms with Gasteiger partial charge in [0.2, 0.25) is 5.91 Å². The van der Waals surface area contributed by atoms with Gasteiger partial charge in [-0.25, -0.2) is 4.79 Å². The standard InChI is InChI=1S/C24H26N2O4/c1-17(25-22(27)15-14-18-8-3-2-4-9-18)24(29)30-16-23(28)26-21-13-7-11-19-10-5-6-12-20(19)21/h2-6,8-10,12,14-15,17,21H,7,11,13,16H2,1H3,(H,25,27)(H,26,28)/b15-14+/t17-,21+/m0/s1. The van der Waals surface area contributed by atoms with E-state index in [0.29, 0.717) is 0 Å². The van der Waals surface area contributed by atoms with E-state index in [4.69, 9.17) is 4.74 Å². The second-order valence-corrected chi connectivity index (χ2v) is 7.29. The zero-order valence-corrected chi connectivity index (χ0v) is 17.0. The minimum Gasteiger partial charge on any atom is -0.454 e. The predicted molar refractivity (Wildman–Crippen MR) is 114 cm³/mol. The fourth-order valence-electron chi connectivity index (χ4n) is 3.46. The van der Waals surface area contributed by atoms with Gasteiger partial charge in [0.1, 0.15) is 6.04 Å². The molecule has 6 nitrogen and oxygen atoms in total. The van der Waals surface area contributed by atoms with Crippen molar-refractivity contribution in [3.05, 3.63) is 77.4 Å². The van der Waals surface area contributed by atoms with E-state index in [9.17, 15) is 14.4 Å². The third kappa shape index (κ3) is 6.04. The Bertz CT molecular complexity index is 924. The van der Waals surface area contributed by atoms with Gasteiger partial charge in [0.25, 0.3) is 5.91 Å².